The van der Waals surface area contributed by atoms with Gasteiger partial charge in [-0.25, -0.2) is 13.2 Å². The summed E-state index contributed by atoms with van der Waals surface area (Å²) in [6.45, 7) is 3.34. The smallest absolute Gasteiger partial charge is 0.405 e. The summed E-state index contributed by atoms with van der Waals surface area (Å²) in [6, 6.07) is 21.3. The normalized spacial score (nSPS) is 14.6. The Morgan fingerprint density at radius 1 is 0.848 bits per heavy atom. The number of carboxylic acid groups (broad SMARTS) is 1. The number of hydrogen-bond acceptors (Lipinski definition) is 8. The molecule has 3 aromatic carbocycles. The predicted octanol–water partition coefficient (Wildman–Crippen LogP) is 2.86. The van der Waals surface area contributed by atoms with Gasteiger partial charge in [0, 0.05) is 13.1 Å². The summed E-state index contributed by atoms with van der Waals surface area (Å²) in [4.78, 5) is 25.1. The van der Waals surface area contributed by atoms with Gasteiger partial charge in [0.1, 0.15) is 6.04 Å². The van der Waals surface area contributed by atoms with Gasteiger partial charge in [-0.05, 0) is 54.0 Å². The van der Waals surface area contributed by atoms with Crippen molar-refractivity contribution in [3.63, 3.8) is 0 Å². The van der Waals surface area contributed by atoms with Gasteiger partial charge in [-0.15, -0.1) is 0 Å². The molecule has 4 atom stereocenters. The highest BCUT2D eigenvalue weighted by Crippen LogP contribution is 2.20. The molecule has 0 fully saturated rings. The second-order valence-electron chi connectivity index (χ2n) is 11.4. The second-order valence-corrected chi connectivity index (χ2v) is 13.4. The van der Waals surface area contributed by atoms with Gasteiger partial charge in [0.25, 0.3) is 0 Å². The van der Waals surface area contributed by atoms with Crippen LogP contribution in [-0.2, 0) is 27.7 Å². The van der Waals surface area contributed by atoms with Gasteiger partial charge in [-0.2, -0.15) is 4.31 Å². The number of hydrogen-bond donors (Lipinski definition) is 6. The Hall–Kier alpha value is -4.30. The van der Waals surface area contributed by atoms with E-state index in [-0.39, 0.29) is 36.7 Å². The van der Waals surface area contributed by atoms with E-state index in [2.05, 4.69) is 15.8 Å². The number of amides is 2. The average Bonchev–Trinajstić information content (AvgIpc) is 3.03. The van der Waals surface area contributed by atoms with Crippen molar-refractivity contribution in [3.05, 3.63) is 102 Å². The van der Waals surface area contributed by atoms with E-state index in [1.54, 1.807) is 30.3 Å². The zero-order valence-electron chi connectivity index (χ0n) is 25.8. The predicted molar refractivity (Wildman–Crippen MR) is 173 cm³/mol. The quantitative estimate of drug-likeness (QED) is 0.0728. The largest absolute Gasteiger partial charge is 0.465 e. The van der Waals surface area contributed by atoms with Crippen LogP contribution >= 0.6 is 0 Å². The Morgan fingerprint density at radius 3 is 1.98 bits per heavy atom. The number of aliphatic hydroxyl groups excluding tert-OH is 2. The number of carbonyl (C=O) groups excluding carboxylic acids is 1. The molecule has 13 heteroatoms. The van der Waals surface area contributed by atoms with Gasteiger partial charge in [-0.3, -0.25) is 4.79 Å². The van der Waals surface area contributed by atoms with Gasteiger partial charge in [0.2, 0.25) is 15.9 Å². The van der Waals surface area contributed by atoms with Crippen LogP contribution in [0.5, 0.6) is 0 Å². The fourth-order valence-corrected chi connectivity index (χ4v) is 6.60. The molecule has 0 aliphatic carbocycles. The lowest BCUT2D eigenvalue weighted by molar-refractivity contribution is -0.127. The Labute approximate surface area is 269 Å². The van der Waals surface area contributed by atoms with Crippen LogP contribution in [0.15, 0.2) is 95.0 Å². The Bertz CT molecular complexity index is 1520. The molecule has 46 heavy (non-hydrogen) atoms. The molecule has 0 aliphatic rings. The minimum absolute atomic E-state index is 0.0358. The number of carbonyl (C=O) groups is 2. The van der Waals surface area contributed by atoms with Crippen LogP contribution in [-0.4, -0.2) is 88.8 Å². The minimum Gasteiger partial charge on any atom is -0.465 e. The molecule has 0 heterocycles. The van der Waals surface area contributed by atoms with E-state index in [0.29, 0.717) is 12.0 Å². The SMILES string of the molecule is CC(C)CN(C[C@H](O)[C@H](Cc1ccccc1)NC(=O)[C@@H](NC(=O)O)[C@H](O)CCc1ccccc1)S(=O)(=O)c1ccc(C=NO)cc1. The van der Waals surface area contributed by atoms with Crippen molar-refractivity contribution in [3.8, 4) is 0 Å². The van der Waals surface area contributed by atoms with Crippen LogP contribution in [0.25, 0.3) is 0 Å². The molecule has 0 saturated heterocycles. The van der Waals surface area contributed by atoms with E-state index in [1.165, 1.54) is 24.3 Å². The van der Waals surface area contributed by atoms with E-state index < -0.39 is 46.3 Å². The molecule has 3 aromatic rings. The van der Waals surface area contributed by atoms with Crippen molar-refractivity contribution in [2.75, 3.05) is 13.1 Å². The number of aliphatic hydroxyl groups is 2. The third kappa shape index (κ3) is 10.9. The van der Waals surface area contributed by atoms with Gasteiger partial charge in [0.15, 0.2) is 0 Å². The topological polar surface area (TPSA) is 189 Å². The van der Waals surface area contributed by atoms with Gasteiger partial charge < -0.3 is 31.2 Å². The third-order valence-corrected chi connectivity index (χ3v) is 9.14. The highest BCUT2D eigenvalue weighted by Gasteiger charge is 2.34. The van der Waals surface area contributed by atoms with Gasteiger partial charge >= 0.3 is 6.09 Å². The number of rotatable bonds is 17. The average molecular weight is 655 g/mol. The van der Waals surface area contributed by atoms with Gasteiger partial charge in [0.05, 0.1) is 29.4 Å². The molecule has 0 saturated carbocycles. The fourth-order valence-electron chi connectivity index (χ4n) is 4.97. The number of oxime groups is 1. The highest BCUT2D eigenvalue weighted by molar-refractivity contribution is 7.89. The van der Waals surface area contributed by atoms with E-state index in [0.717, 1.165) is 21.6 Å². The summed E-state index contributed by atoms with van der Waals surface area (Å²) in [5, 5.41) is 48.4. The summed E-state index contributed by atoms with van der Waals surface area (Å²) in [6.07, 6.45) is -2.60. The van der Waals surface area contributed by atoms with Crippen molar-refractivity contribution in [1.82, 2.24) is 14.9 Å². The third-order valence-electron chi connectivity index (χ3n) is 7.29. The molecule has 0 spiro atoms. The van der Waals surface area contributed by atoms with Gasteiger partial charge in [-0.1, -0.05) is 91.8 Å². The molecule has 3 rings (SSSR count). The number of sulfonamides is 1. The van der Waals surface area contributed by atoms with Crippen molar-refractivity contribution in [2.24, 2.45) is 11.1 Å². The van der Waals surface area contributed by atoms with E-state index >= 15 is 0 Å². The molecule has 248 valence electrons. The molecule has 2 amide bonds. The second kappa shape index (κ2) is 17.4. The van der Waals surface area contributed by atoms with E-state index in [4.69, 9.17) is 5.21 Å². The first-order chi connectivity index (χ1) is 21.9. The molecule has 12 nitrogen and oxygen atoms in total. The van der Waals surface area contributed by atoms with Crippen LogP contribution in [0.2, 0.25) is 0 Å². The van der Waals surface area contributed by atoms with Crippen LogP contribution < -0.4 is 10.6 Å². The van der Waals surface area contributed by atoms with E-state index in [9.17, 15) is 33.3 Å². The lowest BCUT2D eigenvalue weighted by Gasteiger charge is -2.32. The number of aryl methyl sites for hydroxylation is 1. The Kier molecular flexibility index (Phi) is 13.7. The molecular weight excluding hydrogens is 612 g/mol. The number of benzene rings is 3. The maximum atomic E-state index is 13.7. The number of nitrogens with one attached hydrogen (secondary N) is 2. The maximum absolute atomic E-state index is 13.7. The maximum Gasteiger partial charge on any atom is 0.405 e. The Morgan fingerprint density at radius 2 is 1.43 bits per heavy atom. The summed E-state index contributed by atoms with van der Waals surface area (Å²) >= 11 is 0. The first kappa shape index (κ1) is 36.2. The molecule has 0 radical (unpaired) electrons. The standard InChI is InChI=1S/C33H42N4O8S/c1-23(2)21-37(46(44,45)27-16-13-26(14-17-27)20-34-43)22-30(39)28(19-25-11-7-4-8-12-25)35-32(40)31(36-33(41)42)29(38)18-15-24-9-5-3-6-10-24/h3-14,16-17,20,23,28-31,36,38-39,43H,15,18-19,21-22H2,1-2H3,(H,35,40)(H,41,42)/t28-,29+,30-,31-/m0/s1. The van der Waals surface area contributed by atoms with Crippen molar-refractivity contribution in [1.29, 1.82) is 0 Å². The molecule has 0 aliphatic heterocycles. The van der Waals surface area contributed by atoms with Crippen LogP contribution in [0.4, 0.5) is 4.79 Å². The molecule has 0 bridgehead atoms. The summed E-state index contributed by atoms with van der Waals surface area (Å²) < 4.78 is 28.6. The molecule has 6 N–H and O–H groups in total. The Balaban J connectivity index is 1.87. The molecule has 0 aromatic heterocycles. The first-order valence-electron chi connectivity index (χ1n) is 14.9. The van der Waals surface area contributed by atoms with E-state index in [1.807, 2.05) is 44.2 Å². The van der Waals surface area contributed by atoms with Crippen LogP contribution in [0, 0.1) is 5.92 Å². The van der Waals surface area contributed by atoms with Crippen molar-refractivity contribution < 1.29 is 38.5 Å². The zero-order chi connectivity index (χ0) is 33.7. The molecular formula is C33H42N4O8S. The summed E-state index contributed by atoms with van der Waals surface area (Å²) in [5.74, 6) is -0.976. The first-order valence-corrected chi connectivity index (χ1v) is 16.4. The van der Waals surface area contributed by atoms with Crippen LogP contribution in [0.3, 0.4) is 0 Å². The van der Waals surface area contributed by atoms with Crippen molar-refractivity contribution >= 4 is 28.2 Å². The number of nitrogens with zero attached hydrogens (tertiary/aromatic N) is 2. The fraction of sp³-hybridized carbons (Fsp3) is 0.364. The van der Waals surface area contributed by atoms with Crippen LogP contribution in [0.1, 0.15) is 37.0 Å². The summed E-state index contributed by atoms with van der Waals surface area (Å²) in [7, 11) is -4.11. The minimum atomic E-state index is -4.11. The lowest BCUT2D eigenvalue weighted by atomic mass is 9.98. The highest BCUT2D eigenvalue weighted by atomic mass is 32.2. The lowest BCUT2D eigenvalue weighted by Crippen LogP contribution is -2.58. The monoisotopic (exact) mass is 654 g/mol. The van der Waals surface area contributed by atoms with Crippen molar-refractivity contribution in [2.45, 2.75) is 62.3 Å². The zero-order valence-corrected chi connectivity index (χ0v) is 26.6. The molecule has 0 unspecified atom stereocenters. The summed E-state index contributed by atoms with van der Waals surface area (Å²) in [5.41, 5.74) is 2.12.